The molecule has 0 atom stereocenters. The van der Waals surface area contributed by atoms with Crippen LogP contribution in [0.4, 0.5) is 0 Å². The zero-order valence-electron chi connectivity index (χ0n) is 44.6. The van der Waals surface area contributed by atoms with Crippen molar-refractivity contribution in [3.63, 3.8) is 0 Å². The summed E-state index contributed by atoms with van der Waals surface area (Å²) in [4.78, 5) is 11.1. The molecular weight excluding hydrogens is 995 g/mol. The minimum absolute atomic E-state index is 0.394. The van der Waals surface area contributed by atoms with E-state index in [1.807, 2.05) is 0 Å². The molecule has 0 unspecified atom stereocenters. The van der Waals surface area contributed by atoms with Crippen molar-refractivity contribution >= 4 is 76.2 Å². The predicted molar refractivity (Wildman–Crippen MR) is 340 cm³/mol. The van der Waals surface area contributed by atoms with Crippen LogP contribution in [-0.2, 0) is 6.42 Å². The van der Waals surface area contributed by atoms with Crippen LogP contribution in [0, 0.1) is 0 Å². The van der Waals surface area contributed by atoms with E-state index in [1.165, 1.54) is 98.5 Å². The summed E-state index contributed by atoms with van der Waals surface area (Å²) in [5, 5.41) is 9.86. The highest BCUT2D eigenvalue weighted by molar-refractivity contribution is 6.20. The van der Waals surface area contributed by atoms with Gasteiger partial charge in [0.1, 0.15) is 0 Å². The molecule has 0 radical (unpaired) electrons. The van der Waals surface area contributed by atoms with Gasteiger partial charge in [-0.2, -0.15) is 0 Å². The van der Waals surface area contributed by atoms with Gasteiger partial charge in [-0.1, -0.05) is 182 Å². The summed E-state index contributed by atoms with van der Waals surface area (Å²) >= 11 is 0. The van der Waals surface area contributed by atoms with Crippen molar-refractivity contribution in [2.45, 2.75) is 18.8 Å². The smallest absolute Gasteiger partial charge is 0.160 e. The number of rotatable bonds is 8. The molecule has 0 spiro atoms. The molecule has 16 aromatic rings. The summed E-state index contributed by atoms with van der Waals surface area (Å²) in [6.45, 7) is 0. The number of aromatic nitrogens is 5. The third-order valence-electron chi connectivity index (χ3n) is 18.0. The lowest BCUT2D eigenvalue weighted by molar-refractivity contribution is 0.730. The molecule has 0 aliphatic heterocycles. The summed E-state index contributed by atoms with van der Waals surface area (Å²) in [6, 6.07) is 98.1. The third-order valence-corrected chi connectivity index (χ3v) is 18.0. The predicted octanol–water partition coefficient (Wildman–Crippen LogP) is 19.6. The van der Waals surface area contributed by atoms with Crippen molar-refractivity contribution in [1.82, 2.24) is 23.7 Å². The number of nitrogens with zero attached hydrogens (tertiary/aromatic N) is 5. The van der Waals surface area contributed by atoms with Crippen LogP contribution in [0.5, 0.6) is 0 Å². The van der Waals surface area contributed by atoms with Crippen LogP contribution in [0.2, 0.25) is 0 Å². The second kappa shape index (κ2) is 17.4. The lowest BCUT2D eigenvalue weighted by atomic mass is 9.90. The first-order valence-corrected chi connectivity index (χ1v) is 28.6. The Morgan fingerprint density at radius 3 is 1.50 bits per heavy atom. The molecule has 0 saturated heterocycles. The van der Waals surface area contributed by atoms with E-state index in [-0.39, 0.29) is 0 Å². The highest BCUT2D eigenvalue weighted by Gasteiger charge is 2.31. The first-order valence-electron chi connectivity index (χ1n) is 28.6. The van der Waals surface area contributed by atoms with Gasteiger partial charge in [0.25, 0.3) is 0 Å². The quantitative estimate of drug-likeness (QED) is 0.152. The molecule has 82 heavy (non-hydrogen) atoms. The Morgan fingerprint density at radius 2 is 0.817 bits per heavy atom. The van der Waals surface area contributed by atoms with E-state index < -0.39 is 0 Å². The van der Waals surface area contributed by atoms with E-state index in [1.54, 1.807) is 0 Å². The average Bonchev–Trinajstić information content (AvgIpc) is 2.91. The number of fused-ring (bicyclic) bond motifs is 15. The van der Waals surface area contributed by atoms with Gasteiger partial charge in [-0.25, -0.2) is 9.97 Å². The van der Waals surface area contributed by atoms with E-state index in [2.05, 4.69) is 281 Å². The molecule has 382 valence electrons. The van der Waals surface area contributed by atoms with Crippen molar-refractivity contribution in [3.05, 3.63) is 284 Å². The van der Waals surface area contributed by atoms with Crippen molar-refractivity contribution in [3.8, 4) is 73.2 Å². The monoisotopic (exact) mass is 1040 g/mol. The maximum atomic E-state index is 5.56. The Balaban J connectivity index is 0.730. The van der Waals surface area contributed by atoms with Gasteiger partial charge in [0.15, 0.2) is 5.82 Å². The number of hydrogen-bond acceptors (Lipinski definition) is 2. The van der Waals surface area contributed by atoms with Gasteiger partial charge < -0.3 is 13.7 Å². The van der Waals surface area contributed by atoms with Crippen molar-refractivity contribution in [2.24, 2.45) is 0 Å². The maximum absolute atomic E-state index is 5.56. The zero-order chi connectivity index (χ0) is 53.6. The van der Waals surface area contributed by atoms with Gasteiger partial charge in [-0.15, -0.1) is 0 Å². The molecule has 4 heterocycles. The van der Waals surface area contributed by atoms with Gasteiger partial charge in [-0.05, 0) is 131 Å². The van der Waals surface area contributed by atoms with E-state index in [4.69, 9.17) is 9.97 Å². The molecule has 4 aromatic heterocycles. The van der Waals surface area contributed by atoms with Gasteiger partial charge in [0.2, 0.25) is 0 Å². The van der Waals surface area contributed by atoms with Crippen LogP contribution >= 0.6 is 0 Å². The van der Waals surface area contributed by atoms with E-state index in [0.29, 0.717) is 11.7 Å². The Bertz CT molecular complexity index is 5250. The van der Waals surface area contributed by atoms with E-state index in [0.717, 1.165) is 74.6 Å². The first kappa shape index (κ1) is 45.3. The molecule has 2 aliphatic carbocycles. The van der Waals surface area contributed by atoms with Crippen LogP contribution in [0.25, 0.3) is 149 Å². The maximum Gasteiger partial charge on any atom is 0.160 e. The fraction of sp³-hybridized carbons (Fsp3) is 0.0390. The molecule has 5 nitrogen and oxygen atoms in total. The van der Waals surface area contributed by atoms with Crippen LogP contribution < -0.4 is 0 Å². The second-order valence-corrected chi connectivity index (χ2v) is 22.3. The number of para-hydroxylation sites is 4. The molecular formula is C77H49N5. The molecule has 18 rings (SSSR count). The Morgan fingerprint density at radius 1 is 0.317 bits per heavy atom. The molecule has 0 N–H and O–H groups in total. The summed E-state index contributed by atoms with van der Waals surface area (Å²) in [6.07, 6.45) is 2.06. The van der Waals surface area contributed by atoms with Gasteiger partial charge in [0.05, 0.1) is 50.2 Å². The normalized spacial score (nSPS) is 12.7. The van der Waals surface area contributed by atoms with E-state index in [9.17, 15) is 0 Å². The molecule has 0 bridgehead atoms. The van der Waals surface area contributed by atoms with Crippen molar-refractivity contribution < 1.29 is 0 Å². The van der Waals surface area contributed by atoms with Crippen molar-refractivity contribution in [2.75, 3.05) is 0 Å². The summed E-state index contributed by atoms with van der Waals surface area (Å²) in [7, 11) is 0. The molecule has 5 heteroatoms. The van der Waals surface area contributed by atoms with Crippen LogP contribution in [0.1, 0.15) is 29.0 Å². The van der Waals surface area contributed by atoms with Gasteiger partial charge in [-0.3, -0.25) is 0 Å². The fourth-order valence-electron chi connectivity index (χ4n) is 14.5. The second-order valence-electron chi connectivity index (χ2n) is 22.3. The lowest BCUT2D eigenvalue weighted by Crippen LogP contribution is -1.99. The molecule has 12 aromatic carbocycles. The number of hydrogen-bond donors (Lipinski definition) is 0. The number of benzene rings is 12. The molecule has 2 aliphatic rings. The minimum atomic E-state index is 0.394. The standard InChI is InChI=1S/C77H49N5/c1-2-17-48(18-3-1)75-74-62-41-44-70(82-69-32-15-11-26-60(69)65-46-51(39-43-72(65)82)81-66-29-12-8-23-57(66)58-24-9-13-30-67(58)81)61-27-16-28-63(73(61)62)76(74)79-77(78-75)49-35-37-50(38-36-49)80-68-31-14-10-25-59(68)64-45-47(34-42-71(64)80)33-40-56-54-21-6-4-19-52(54)53-20-5-7-22-55(53)56/h1-32,34-39,41-46,56H,33,40H2. The summed E-state index contributed by atoms with van der Waals surface area (Å²) in [5.41, 5.74) is 24.8. The zero-order valence-corrected chi connectivity index (χ0v) is 44.6. The summed E-state index contributed by atoms with van der Waals surface area (Å²) < 4.78 is 7.30. The van der Waals surface area contributed by atoms with Crippen LogP contribution in [0.15, 0.2) is 267 Å². The summed E-state index contributed by atoms with van der Waals surface area (Å²) in [5.74, 6) is 1.10. The molecule has 0 fully saturated rings. The lowest BCUT2D eigenvalue weighted by Gasteiger charge is -2.14. The largest absolute Gasteiger partial charge is 0.309 e. The Kier molecular flexibility index (Phi) is 9.63. The Labute approximate surface area is 472 Å². The number of aryl methyl sites for hydroxylation is 1. The molecule has 0 saturated carbocycles. The topological polar surface area (TPSA) is 40.6 Å². The SMILES string of the molecule is c1ccc(-c2nc(-c3ccc(-n4c5ccccc5c5cc(CCC6c7ccccc7-c7ccccc76)ccc54)cc3)nc3c2-c2ccc(-n4c5ccccc5c5cc(-n6c7ccccc7c7ccccc76)ccc54)c4cccc-3c24)cc1. The van der Waals surface area contributed by atoms with Crippen LogP contribution in [-0.4, -0.2) is 23.7 Å². The van der Waals surface area contributed by atoms with Crippen molar-refractivity contribution in [1.29, 1.82) is 0 Å². The van der Waals surface area contributed by atoms with Crippen LogP contribution in [0.3, 0.4) is 0 Å². The fourth-order valence-corrected chi connectivity index (χ4v) is 14.5. The third kappa shape index (κ3) is 6.50. The Hall–Kier alpha value is -10.6. The van der Waals surface area contributed by atoms with E-state index >= 15 is 0 Å². The highest BCUT2D eigenvalue weighted by atomic mass is 15.0. The van der Waals surface area contributed by atoms with Gasteiger partial charge >= 0.3 is 0 Å². The van der Waals surface area contributed by atoms with Gasteiger partial charge in [0, 0.05) is 82.6 Å². The molecule has 0 amide bonds. The first-order chi connectivity index (χ1) is 40.7. The average molecular weight is 1040 g/mol. The highest BCUT2D eigenvalue weighted by Crippen LogP contribution is 2.53. The minimum Gasteiger partial charge on any atom is -0.309 e.